The number of carbonyl (C=O) groups excluding carboxylic acids is 1. The van der Waals surface area contributed by atoms with Gasteiger partial charge in [-0.25, -0.2) is 0 Å². The minimum absolute atomic E-state index is 0.114. The fourth-order valence-electron chi connectivity index (χ4n) is 2.10. The minimum Gasteiger partial charge on any atom is -0.461 e. The normalized spacial score (nSPS) is 10.7. The van der Waals surface area contributed by atoms with Gasteiger partial charge >= 0.3 is 5.97 Å². The molecule has 106 valence electrons. The van der Waals surface area contributed by atoms with Crippen LogP contribution in [0.3, 0.4) is 0 Å². The van der Waals surface area contributed by atoms with Crippen molar-refractivity contribution in [3.63, 3.8) is 0 Å². The number of fused-ring (bicyclic) bond motifs is 1. The van der Waals surface area contributed by atoms with Crippen LogP contribution in [0.4, 0.5) is 0 Å². The van der Waals surface area contributed by atoms with Gasteiger partial charge in [0.15, 0.2) is 5.58 Å². The SMILES string of the molecule is Cc1ccc(COC(=O)Cc2noc3ccccc23)cc1. The van der Waals surface area contributed by atoms with Crippen LogP contribution in [0.15, 0.2) is 53.1 Å². The van der Waals surface area contributed by atoms with Crippen molar-refractivity contribution >= 4 is 16.9 Å². The van der Waals surface area contributed by atoms with Gasteiger partial charge in [0.25, 0.3) is 0 Å². The molecule has 21 heavy (non-hydrogen) atoms. The number of nitrogens with zero attached hydrogens (tertiary/aromatic N) is 1. The summed E-state index contributed by atoms with van der Waals surface area (Å²) in [5.41, 5.74) is 3.44. The molecule has 1 heterocycles. The lowest BCUT2D eigenvalue weighted by Gasteiger charge is -2.04. The summed E-state index contributed by atoms with van der Waals surface area (Å²) in [6.07, 6.45) is 0.114. The molecule has 0 saturated carbocycles. The van der Waals surface area contributed by atoms with Gasteiger partial charge in [0.2, 0.25) is 0 Å². The van der Waals surface area contributed by atoms with Crippen molar-refractivity contribution in [1.29, 1.82) is 0 Å². The van der Waals surface area contributed by atoms with Gasteiger partial charge < -0.3 is 9.26 Å². The van der Waals surface area contributed by atoms with Crippen LogP contribution in [-0.2, 0) is 22.6 Å². The van der Waals surface area contributed by atoms with Crippen LogP contribution < -0.4 is 0 Å². The number of esters is 1. The van der Waals surface area contributed by atoms with E-state index in [2.05, 4.69) is 5.16 Å². The smallest absolute Gasteiger partial charge is 0.312 e. The number of ether oxygens (including phenoxy) is 1. The molecule has 4 heteroatoms. The largest absolute Gasteiger partial charge is 0.461 e. The Labute approximate surface area is 122 Å². The Morgan fingerprint density at radius 1 is 1.14 bits per heavy atom. The van der Waals surface area contributed by atoms with Crippen LogP contribution in [-0.4, -0.2) is 11.1 Å². The van der Waals surface area contributed by atoms with E-state index < -0.39 is 0 Å². The summed E-state index contributed by atoms with van der Waals surface area (Å²) in [5.74, 6) is -0.311. The van der Waals surface area contributed by atoms with Crippen molar-refractivity contribution in [2.45, 2.75) is 20.0 Å². The molecule has 0 spiro atoms. The summed E-state index contributed by atoms with van der Waals surface area (Å²) < 4.78 is 10.4. The van der Waals surface area contributed by atoms with E-state index in [1.54, 1.807) is 0 Å². The van der Waals surface area contributed by atoms with Crippen LogP contribution in [0.25, 0.3) is 11.0 Å². The van der Waals surface area contributed by atoms with Crippen molar-refractivity contribution in [2.24, 2.45) is 0 Å². The molecule has 0 unspecified atom stereocenters. The number of hydrogen-bond acceptors (Lipinski definition) is 4. The molecule has 4 nitrogen and oxygen atoms in total. The zero-order valence-electron chi connectivity index (χ0n) is 11.7. The highest BCUT2D eigenvalue weighted by atomic mass is 16.5. The Kier molecular flexibility index (Phi) is 3.69. The summed E-state index contributed by atoms with van der Waals surface area (Å²) in [6, 6.07) is 15.4. The second kappa shape index (κ2) is 5.79. The fourth-order valence-corrected chi connectivity index (χ4v) is 2.10. The molecule has 0 radical (unpaired) electrons. The summed E-state index contributed by atoms with van der Waals surface area (Å²) in [4.78, 5) is 11.9. The zero-order valence-corrected chi connectivity index (χ0v) is 11.7. The first-order valence-corrected chi connectivity index (χ1v) is 6.77. The molecule has 1 aromatic heterocycles. The molecule has 0 N–H and O–H groups in total. The highest BCUT2D eigenvalue weighted by Crippen LogP contribution is 2.18. The lowest BCUT2D eigenvalue weighted by molar-refractivity contribution is -0.144. The van der Waals surface area contributed by atoms with Crippen molar-refractivity contribution < 1.29 is 14.1 Å². The van der Waals surface area contributed by atoms with Crippen LogP contribution in [0.1, 0.15) is 16.8 Å². The van der Waals surface area contributed by atoms with E-state index in [1.807, 2.05) is 55.5 Å². The quantitative estimate of drug-likeness (QED) is 0.687. The predicted octanol–water partition coefficient (Wildman–Crippen LogP) is 3.42. The van der Waals surface area contributed by atoms with Gasteiger partial charge in [0.1, 0.15) is 12.3 Å². The Morgan fingerprint density at radius 3 is 2.71 bits per heavy atom. The van der Waals surface area contributed by atoms with Gasteiger partial charge in [-0.1, -0.05) is 47.1 Å². The molecule has 0 bridgehead atoms. The number of aryl methyl sites for hydroxylation is 1. The van der Waals surface area contributed by atoms with Crippen LogP contribution in [0, 0.1) is 6.92 Å². The van der Waals surface area contributed by atoms with Gasteiger partial charge in [0.05, 0.1) is 6.42 Å². The molecular formula is C17H15NO3. The number of carbonyl (C=O) groups is 1. The average Bonchev–Trinajstić information content (AvgIpc) is 2.90. The first-order valence-electron chi connectivity index (χ1n) is 6.77. The Bertz CT molecular complexity index is 759. The Balaban J connectivity index is 1.62. The zero-order chi connectivity index (χ0) is 14.7. The molecule has 0 amide bonds. The van der Waals surface area contributed by atoms with Gasteiger partial charge in [-0.05, 0) is 24.6 Å². The van der Waals surface area contributed by atoms with E-state index in [0.717, 1.165) is 10.9 Å². The average molecular weight is 281 g/mol. The van der Waals surface area contributed by atoms with Crippen LogP contribution >= 0.6 is 0 Å². The van der Waals surface area contributed by atoms with E-state index in [1.165, 1.54) is 5.56 Å². The molecule has 0 atom stereocenters. The Morgan fingerprint density at radius 2 is 1.90 bits per heavy atom. The van der Waals surface area contributed by atoms with Gasteiger partial charge in [-0.15, -0.1) is 0 Å². The monoisotopic (exact) mass is 281 g/mol. The molecule has 0 aliphatic carbocycles. The number of aromatic nitrogens is 1. The molecule has 0 aliphatic heterocycles. The maximum absolute atomic E-state index is 11.9. The van der Waals surface area contributed by atoms with Gasteiger partial charge in [0, 0.05) is 5.39 Å². The lowest BCUT2D eigenvalue weighted by atomic mass is 10.1. The number of para-hydroxylation sites is 1. The summed E-state index contributed by atoms with van der Waals surface area (Å²) >= 11 is 0. The van der Waals surface area contributed by atoms with Crippen LogP contribution in [0.5, 0.6) is 0 Å². The van der Waals surface area contributed by atoms with Crippen molar-refractivity contribution in [2.75, 3.05) is 0 Å². The maximum atomic E-state index is 11.9. The van der Waals surface area contributed by atoms with Crippen molar-refractivity contribution in [1.82, 2.24) is 5.16 Å². The molecule has 3 rings (SSSR count). The molecule has 0 aliphatic rings. The third-order valence-electron chi connectivity index (χ3n) is 3.28. The second-order valence-electron chi connectivity index (χ2n) is 4.95. The third kappa shape index (κ3) is 3.11. The predicted molar refractivity (Wildman–Crippen MR) is 78.7 cm³/mol. The third-order valence-corrected chi connectivity index (χ3v) is 3.28. The summed E-state index contributed by atoms with van der Waals surface area (Å²) in [7, 11) is 0. The molecule has 0 fully saturated rings. The molecule has 3 aromatic rings. The van der Waals surface area contributed by atoms with E-state index in [4.69, 9.17) is 9.26 Å². The maximum Gasteiger partial charge on any atom is 0.312 e. The Hall–Kier alpha value is -2.62. The first kappa shape index (κ1) is 13.4. The van der Waals surface area contributed by atoms with E-state index in [9.17, 15) is 4.79 Å². The van der Waals surface area contributed by atoms with Crippen LogP contribution in [0.2, 0.25) is 0 Å². The fraction of sp³-hybridized carbons (Fsp3) is 0.176. The highest BCUT2D eigenvalue weighted by molar-refractivity contribution is 5.84. The summed E-state index contributed by atoms with van der Waals surface area (Å²) in [6.45, 7) is 2.29. The molecule has 2 aromatic carbocycles. The number of hydrogen-bond donors (Lipinski definition) is 0. The van der Waals surface area contributed by atoms with Gasteiger partial charge in [-0.3, -0.25) is 4.79 Å². The molecule has 0 saturated heterocycles. The number of benzene rings is 2. The lowest BCUT2D eigenvalue weighted by Crippen LogP contribution is -2.08. The second-order valence-corrected chi connectivity index (χ2v) is 4.95. The summed E-state index contributed by atoms with van der Waals surface area (Å²) in [5, 5.41) is 4.78. The topological polar surface area (TPSA) is 52.3 Å². The van der Waals surface area contributed by atoms with Crippen molar-refractivity contribution in [3.05, 3.63) is 65.4 Å². The van der Waals surface area contributed by atoms with E-state index in [-0.39, 0.29) is 19.0 Å². The number of rotatable bonds is 4. The minimum atomic E-state index is -0.311. The molecular weight excluding hydrogens is 266 g/mol. The highest BCUT2D eigenvalue weighted by Gasteiger charge is 2.13. The van der Waals surface area contributed by atoms with Crippen molar-refractivity contribution in [3.8, 4) is 0 Å². The van der Waals surface area contributed by atoms with E-state index >= 15 is 0 Å². The van der Waals surface area contributed by atoms with Gasteiger partial charge in [-0.2, -0.15) is 0 Å². The standard InChI is InChI=1S/C17H15NO3/c1-12-6-8-13(9-7-12)11-20-17(19)10-15-14-4-2-3-5-16(14)21-18-15/h2-9H,10-11H2,1H3. The van der Waals surface area contributed by atoms with E-state index in [0.29, 0.717) is 11.3 Å². The first-order chi connectivity index (χ1) is 10.2.